The van der Waals surface area contributed by atoms with Gasteiger partial charge in [0.15, 0.2) is 0 Å². The van der Waals surface area contributed by atoms with Crippen LogP contribution in [0.25, 0.3) is 0 Å². The van der Waals surface area contributed by atoms with Gasteiger partial charge in [0.1, 0.15) is 5.84 Å². The highest BCUT2D eigenvalue weighted by Crippen LogP contribution is 2.36. The molecule has 142 valence electrons. The highest BCUT2D eigenvalue weighted by atomic mass is 79.9. The lowest BCUT2D eigenvalue weighted by Gasteiger charge is -2.31. The van der Waals surface area contributed by atoms with E-state index in [1.165, 1.54) is 0 Å². The number of carbonyl (C=O) groups excluding carboxylic acids is 1. The predicted molar refractivity (Wildman–Crippen MR) is 117 cm³/mol. The molecule has 1 N–H and O–H groups in total. The molecule has 2 heterocycles. The van der Waals surface area contributed by atoms with Crippen molar-refractivity contribution in [3.63, 3.8) is 0 Å². The Hall–Kier alpha value is -2.77. The molecular formula is C21H20BrN5O. The number of aliphatic imine (C=N–C) groups is 2. The summed E-state index contributed by atoms with van der Waals surface area (Å²) in [6.07, 6.45) is 5.20. The van der Waals surface area contributed by atoms with Crippen LogP contribution in [0.2, 0.25) is 0 Å². The number of fused-ring (bicyclic) bond motifs is 4. The molecule has 0 unspecified atom stereocenters. The summed E-state index contributed by atoms with van der Waals surface area (Å²) in [7, 11) is 3.92. The Morgan fingerprint density at radius 3 is 2.96 bits per heavy atom. The molecule has 0 saturated carbocycles. The molecule has 0 spiro atoms. The number of amides is 1. The van der Waals surface area contributed by atoms with Crippen molar-refractivity contribution >= 4 is 51.1 Å². The summed E-state index contributed by atoms with van der Waals surface area (Å²) >= 11 is 3.60. The summed E-state index contributed by atoms with van der Waals surface area (Å²) in [4.78, 5) is 25.6. The second kappa shape index (κ2) is 7.69. The number of hydrogen-bond acceptors (Lipinski definition) is 5. The van der Waals surface area contributed by atoms with Gasteiger partial charge in [-0.1, -0.05) is 28.1 Å². The van der Waals surface area contributed by atoms with Crippen LogP contribution in [-0.2, 0) is 11.3 Å². The molecule has 0 bridgehead atoms. The van der Waals surface area contributed by atoms with Crippen molar-refractivity contribution in [2.45, 2.75) is 6.54 Å². The molecule has 4 rings (SSSR count). The van der Waals surface area contributed by atoms with Crippen molar-refractivity contribution in [3.8, 4) is 0 Å². The third-order valence-electron chi connectivity index (χ3n) is 4.50. The minimum absolute atomic E-state index is 0.155. The molecule has 7 heteroatoms. The first-order chi connectivity index (χ1) is 13.5. The van der Waals surface area contributed by atoms with Crippen molar-refractivity contribution in [1.29, 1.82) is 0 Å². The minimum atomic E-state index is -0.155. The third kappa shape index (κ3) is 3.76. The van der Waals surface area contributed by atoms with E-state index in [1.807, 2.05) is 72.7 Å². The fourth-order valence-electron chi connectivity index (χ4n) is 3.13. The topological polar surface area (TPSA) is 60.3 Å². The summed E-state index contributed by atoms with van der Waals surface area (Å²) in [6.45, 7) is 1.41. The summed E-state index contributed by atoms with van der Waals surface area (Å²) in [6, 6.07) is 11.7. The summed E-state index contributed by atoms with van der Waals surface area (Å²) in [5.41, 5.74) is 4.55. The molecule has 2 aliphatic heterocycles. The van der Waals surface area contributed by atoms with Gasteiger partial charge in [-0.05, 0) is 44.4 Å². The molecule has 2 aromatic carbocycles. The Morgan fingerprint density at radius 2 is 2.14 bits per heavy atom. The van der Waals surface area contributed by atoms with Gasteiger partial charge in [0.25, 0.3) is 0 Å². The zero-order chi connectivity index (χ0) is 19.7. The van der Waals surface area contributed by atoms with E-state index in [0.717, 1.165) is 38.5 Å². The largest absolute Gasteiger partial charge is 0.322 e. The van der Waals surface area contributed by atoms with E-state index in [-0.39, 0.29) is 5.91 Å². The number of nitrogens with zero attached hydrogens (tertiary/aromatic N) is 4. The standard InChI is InChI=1S/C21H20BrN5O/c1-26(2)10-4-7-20(28)24-14-8-9-18-15(11-14)21-25-19-6-3-5-17(22)16(19)12-27(21)13-23-18/h3-9,11,13H,10,12H2,1-2H3,(H,24,28)/b7-4+. The van der Waals surface area contributed by atoms with E-state index in [0.29, 0.717) is 13.1 Å². The number of nitrogens with one attached hydrogen (secondary N) is 1. The molecule has 0 radical (unpaired) electrons. The van der Waals surface area contributed by atoms with Crippen LogP contribution in [0, 0.1) is 0 Å². The lowest BCUT2D eigenvalue weighted by Crippen LogP contribution is -2.34. The Kier molecular flexibility index (Phi) is 5.11. The average Bonchev–Trinajstić information content (AvgIpc) is 2.67. The van der Waals surface area contributed by atoms with E-state index in [1.54, 1.807) is 6.08 Å². The highest BCUT2D eigenvalue weighted by molar-refractivity contribution is 9.10. The Balaban J connectivity index is 1.63. The quantitative estimate of drug-likeness (QED) is 0.733. The molecule has 0 saturated heterocycles. The predicted octanol–water partition coefficient (Wildman–Crippen LogP) is 4.07. The van der Waals surface area contributed by atoms with Crippen LogP contribution in [0.15, 0.2) is 63.0 Å². The van der Waals surface area contributed by atoms with E-state index in [4.69, 9.17) is 4.99 Å². The zero-order valence-corrected chi connectivity index (χ0v) is 17.3. The maximum Gasteiger partial charge on any atom is 0.248 e. The number of carbonyl (C=O) groups is 1. The minimum Gasteiger partial charge on any atom is -0.322 e. The molecule has 0 fully saturated rings. The van der Waals surface area contributed by atoms with Gasteiger partial charge in [-0.15, -0.1) is 0 Å². The molecule has 0 atom stereocenters. The van der Waals surface area contributed by atoms with Crippen LogP contribution >= 0.6 is 15.9 Å². The van der Waals surface area contributed by atoms with Crippen molar-refractivity contribution in [2.75, 3.05) is 26.0 Å². The van der Waals surface area contributed by atoms with Gasteiger partial charge in [0.05, 0.1) is 24.3 Å². The molecule has 0 aromatic heterocycles. The number of benzene rings is 2. The average molecular weight is 438 g/mol. The zero-order valence-electron chi connectivity index (χ0n) is 15.7. The maximum atomic E-state index is 12.2. The van der Waals surface area contributed by atoms with Crippen LogP contribution < -0.4 is 5.32 Å². The van der Waals surface area contributed by atoms with Gasteiger partial charge in [-0.25, -0.2) is 9.98 Å². The Labute approximate surface area is 172 Å². The van der Waals surface area contributed by atoms with E-state index < -0.39 is 0 Å². The van der Waals surface area contributed by atoms with Crippen molar-refractivity contribution in [3.05, 3.63) is 64.1 Å². The van der Waals surface area contributed by atoms with Gasteiger partial charge in [0.2, 0.25) is 5.91 Å². The number of rotatable bonds is 4. The fraction of sp³-hybridized carbons (Fsp3) is 0.190. The molecule has 2 aliphatic rings. The van der Waals surface area contributed by atoms with E-state index in [2.05, 4.69) is 26.2 Å². The monoisotopic (exact) mass is 437 g/mol. The van der Waals surface area contributed by atoms with Crippen LogP contribution in [-0.4, -0.2) is 48.5 Å². The number of hydrogen-bond donors (Lipinski definition) is 1. The maximum absolute atomic E-state index is 12.2. The Morgan fingerprint density at radius 1 is 1.29 bits per heavy atom. The van der Waals surface area contributed by atoms with Gasteiger partial charge in [-0.2, -0.15) is 0 Å². The van der Waals surface area contributed by atoms with Gasteiger partial charge in [-0.3, -0.25) is 4.79 Å². The van der Waals surface area contributed by atoms with Crippen LogP contribution in [0.5, 0.6) is 0 Å². The number of amidine groups is 1. The van der Waals surface area contributed by atoms with Gasteiger partial charge < -0.3 is 15.1 Å². The molecular weight excluding hydrogens is 418 g/mol. The third-order valence-corrected chi connectivity index (χ3v) is 5.24. The molecule has 1 amide bonds. The van der Waals surface area contributed by atoms with Crippen molar-refractivity contribution < 1.29 is 4.79 Å². The summed E-state index contributed by atoms with van der Waals surface area (Å²) in [5, 5.41) is 2.91. The second-order valence-electron chi connectivity index (χ2n) is 6.93. The van der Waals surface area contributed by atoms with Gasteiger partial charge >= 0.3 is 0 Å². The van der Waals surface area contributed by atoms with E-state index in [9.17, 15) is 4.79 Å². The molecule has 2 aromatic rings. The normalized spacial score (nSPS) is 14.6. The molecule has 28 heavy (non-hydrogen) atoms. The van der Waals surface area contributed by atoms with Crippen molar-refractivity contribution in [1.82, 2.24) is 9.80 Å². The Bertz CT molecular complexity index is 1030. The van der Waals surface area contributed by atoms with Gasteiger partial charge in [0, 0.05) is 33.9 Å². The fourth-order valence-corrected chi connectivity index (χ4v) is 3.62. The van der Waals surface area contributed by atoms with E-state index >= 15 is 0 Å². The number of halogens is 1. The van der Waals surface area contributed by atoms with Crippen LogP contribution in [0.3, 0.4) is 0 Å². The molecule has 0 aliphatic carbocycles. The smallest absolute Gasteiger partial charge is 0.248 e. The lowest BCUT2D eigenvalue weighted by molar-refractivity contribution is -0.111. The van der Waals surface area contributed by atoms with Crippen molar-refractivity contribution in [2.24, 2.45) is 9.98 Å². The van der Waals surface area contributed by atoms with Crippen LogP contribution in [0.1, 0.15) is 11.1 Å². The lowest BCUT2D eigenvalue weighted by atomic mass is 10.0. The summed E-state index contributed by atoms with van der Waals surface area (Å²) in [5.74, 6) is 0.688. The first-order valence-corrected chi connectivity index (χ1v) is 9.74. The van der Waals surface area contributed by atoms with Crippen LogP contribution in [0.4, 0.5) is 17.1 Å². The first-order valence-electron chi connectivity index (χ1n) is 8.95. The second-order valence-corrected chi connectivity index (χ2v) is 7.79. The number of likely N-dealkylation sites (N-methyl/N-ethyl adjacent to an activating group) is 1. The molecule has 6 nitrogen and oxygen atoms in total. The number of anilines is 1. The highest BCUT2D eigenvalue weighted by Gasteiger charge is 2.26. The summed E-state index contributed by atoms with van der Waals surface area (Å²) < 4.78 is 1.04. The SMILES string of the molecule is CN(C)C/C=C/C(=O)Nc1ccc2c(c1)C1=Nc3cccc(Br)c3CN1C=N2. The first kappa shape index (κ1) is 18.6.